The fraction of sp³-hybridized carbons (Fsp3) is 0.733. The number of furan rings is 1. The highest BCUT2D eigenvalue weighted by Crippen LogP contribution is 2.22. The van der Waals surface area contributed by atoms with Crippen LogP contribution in [0.25, 0.3) is 0 Å². The monoisotopic (exact) mass is 251 g/mol. The first-order valence-corrected chi connectivity index (χ1v) is 7.08. The Morgan fingerprint density at radius 1 is 1.39 bits per heavy atom. The van der Waals surface area contributed by atoms with Crippen molar-refractivity contribution in [1.82, 2.24) is 5.32 Å². The van der Waals surface area contributed by atoms with Gasteiger partial charge in [0.2, 0.25) is 0 Å². The number of hydrogen-bond donors (Lipinski definition) is 1. The fourth-order valence-corrected chi connectivity index (χ4v) is 2.75. The quantitative estimate of drug-likeness (QED) is 0.786. The SMILES string of the molecule is Cc1cc(C(C)NCCOC2CCCC2)c(C)o1. The van der Waals surface area contributed by atoms with E-state index < -0.39 is 0 Å². The Kier molecular flexibility index (Phi) is 4.84. The van der Waals surface area contributed by atoms with Crippen LogP contribution in [0, 0.1) is 13.8 Å². The van der Waals surface area contributed by atoms with Crippen LogP contribution in [0.5, 0.6) is 0 Å². The summed E-state index contributed by atoms with van der Waals surface area (Å²) >= 11 is 0. The standard InChI is InChI=1S/C15H25NO2/c1-11-10-15(13(3)18-11)12(2)16-8-9-17-14-6-4-5-7-14/h10,12,14,16H,4-9H2,1-3H3. The molecule has 1 aromatic heterocycles. The predicted octanol–water partition coefficient (Wildman–Crippen LogP) is 3.51. The van der Waals surface area contributed by atoms with Crippen molar-refractivity contribution in [1.29, 1.82) is 0 Å². The van der Waals surface area contributed by atoms with Crippen molar-refractivity contribution in [3.05, 3.63) is 23.2 Å². The van der Waals surface area contributed by atoms with Crippen molar-refractivity contribution in [2.45, 2.75) is 58.6 Å². The molecule has 1 saturated carbocycles. The van der Waals surface area contributed by atoms with Gasteiger partial charge in [0.05, 0.1) is 12.7 Å². The Balaban J connectivity index is 1.68. The summed E-state index contributed by atoms with van der Waals surface area (Å²) in [6, 6.07) is 2.44. The van der Waals surface area contributed by atoms with E-state index in [1.54, 1.807) is 0 Å². The van der Waals surface area contributed by atoms with Gasteiger partial charge in [0.15, 0.2) is 0 Å². The minimum atomic E-state index is 0.328. The summed E-state index contributed by atoms with van der Waals surface area (Å²) in [4.78, 5) is 0. The molecule has 0 bridgehead atoms. The molecular formula is C15H25NO2. The van der Waals surface area contributed by atoms with Crippen LogP contribution >= 0.6 is 0 Å². The van der Waals surface area contributed by atoms with Crippen LogP contribution in [0.2, 0.25) is 0 Å². The number of hydrogen-bond acceptors (Lipinski definition) is 3. The molecule has 1 fully saturated rings. The van der Waals surface area contributed by atoms with Crippen molar-refractivity contribution in [3.8, 4) is 0 Å². The second-order valence-electron chi connectivity index (χ2n) is 5.32. The average Bonchev–Trinajstić information content (AvgIpc) is 2.94. The molecule has 1 aliphatic carbocycles. The zero-order valence-electron chi connectivity index (χ0n) is 11.8. The van der Waals surface area contributed by atoms with E-state index in [4.69, 9.17) is 9.15 Å². The molecule has 3 nitrogen and oxygen atoms in total. The van der Waals surface area contributed by atoms with Gasteiger partial charge in [-0.25, -0.2) is 0 Å². The average molecular weight is 251 g/mol. The first kappa shape index (κ1) is 13.6. The summed E-state index contributed by atoms with van der Waals surface area (Å²) < 4.78 is 11.4. The third-order valence-corrected chi connectivity index (χ3v) is 3.75. The number of rotatable bonds is 6. The topological polar surface area (TPSA) is 34.4 Å². The van der Waals surface area contributed by atoms with Crippen LogP contribution in [0.3, 0.4) is 0 Å². The fourth-order valence-electron chi connectivity index (χ4n) is 2.75. The second kappa shape index (κ2) is 6.39. The Hall–Kier alpha value is -0.800. The molecular weight excluding hydrogens is 226 g/mol. The minimum Gasteiger partial charge on any atom is -0.466 e. The predicted molar refractivity (Wildman–Crippen MR) is 72.8 cm³/mol. The third-order valence-electron chi connectivity index (χ3n) is 3.75. The van der Waals surface area contributed by atoms with Gasteiger partial charge in [-0.3, -0.25) is 0 Å². The normalized spacial score (nSPS) is 18.4. The molecule has 1 aliphatic rings. The molecule has 1 unspecified atom stereocenters. The molecule has 3 heteroatoms. The zero-order chi connectivity index (χ0) is 13.0. The summed E-state index contributed by atoms with van der Waals surface area (Å²) in [7, 11) is 0. The maximum atomic E-state index is 5.84. The number of nitrogens with one attached hydrogen (secondary N) is 1. The van der Waals surface area contributed by atoms with Crippen LogP contribution in [-0.4, -0.2) is 19.3 Å². The second-order valence-corrected chi connectivity index (χ2v) is 5.32. The van der Waals surface area contributed by atoms with Crippen molar-refractivity contribution in [3.63, 3.8) is 0 Å². The van der Waals surface area contributed by atoms with Gasteiger partial charge in [0.1, 0.15) is 11.5 Å². The maximum Gasteiger partial charge on any atom is 0.105 e. The maximum absolute atomic E-state index is 5.84. The molecule has 1 heterocycles. The molecule has 1 atom stereocenters. The summed E-state index contributed by atoms with van der Waals surface area (Å²) in [6.07, 6.45) is 5.68. The van der Waals surface area contributed by atoms with Gasteiger partial charge in [0, 0.05) is 18.2 Å². The molecule has 0 spiro atoms. The third kappa shape index (κ3) is 3.59. The first-order chi connectivity index (χ1) is 8.66. The van der Waals surface area contributed by atoms with Crippen LogP contribution in [0.1, 0.15) is 55.7 Å². The molecule has 102 valence electrons. The van der Waals surface area contributed by atoms with Crippen LogP contribution in [-0.2, 0) is 4.74 Å². The Morgan fingerprint density at radius 3 is 2.72 bits per heavy atom. The van der Waals surface area contributed by atoms with Gasteiger partial charge < -0.3 is 14.5 Å². The van der Waals surface area contributed by atoms with Gasteiger partial charge >= 0.3 is 0 Å². The lowest BCUT2D eigenvalue weighted by Crippen LogP contribution is -2.25. The molecule has 0 radical (unpaired) electrons. The van der Waals surface area contributed by atoms with Crippen molar-refractivity contribution in [2.24, 2.45) is 0 Å². The van der Waals surface area contributed by atoms with Crippen molar-refractivity contribution < 1.29 is 9.15 Å². The van der Waals surface area contributed by atoms with Gasteiger partial charge in [-0.2, -0.15) is 0 Å². The van der Waals surface area contributed by atoms with E-state index >= 15 is 0 Å². The first-order valence-electron chi connectivity index (χ1n) is 7.08. The van der Waals surface area contributed by atoms with Crippen LogP contribution in [0.15, 0.2) is 10.5 Å². The zero-order valence-corrected chi connectivity index (χ0v) is 11.8. The summed E-state index contributed by atoms with van der Waals surface area (Å²) in [5, 5.41) is 3.49. The van der Waals surface area contributed by atoms with Gasteiger partial charge in [0.25, 0.3) is 0 Å². The summed E-state index contributed by atoms with van der Waals surface area (Å²) in [6.45, 7) is 7.90. The molecule has 1 N–H and O–H groups in total. The molecule has 0 aliphatic heterocycles. The van der Waals surface area contributed by atoms with E-state index in [1.165, 1.54) is 31.2 Å². The van der Waals surface area contributed by atoms with E-state index in [2.05, 4.69) is 18.3 Å². The molecule has 0 amide bonds. The summed E-state index contributed by atoms with van der Waals surface area (Å²) in [5.74, 6) is 2.00. The van der Waals surface area contributed by atoms with Crippen molar-refractivity contribution >= 4 is 0 Å². The molecule has 2 rings (SSSR count). The van der Waals surface area contributed by atoms with Gasteiger partial charge in [-0.05, 0) is 39.7 Å². The minimum absolute atomic E-state index is 0.328. The van der Waals surface area contributed by atoms with E-state index in [-0.39, 0.29) is 0 Å². The number of ether oxygens (including phenoxy) is 1. The van der Waals surface area contributed by atoms with E-state index in [0.29, 0.717) is 12.1 Å². The van der Waals surface area contributed by atoms with Crippen molar-refractivity contribution in [2.75, 3.05) is 13.2 Å². The highest BCUT2D eigenvalue weighted by Gasteiger charge is 2.15. The molecule has 1 aromatic rings. The van der Waals surface area contributed by atoms with E-state index in [9.17, 15) is 0 Å². The van der Waals surface area contributed by atoms with Gasteiger partial charge in [-0.1, -0.05) is 12.8 Å². The van der Waals surface area contributed by atoms with Gasteiger partial charge in [-0.15, -0.1) is 0 Å². The highest BCUT2D eigenvalue weighted by molar-refractivity contribution is 5.23. The molecule has 18 heavy (non-hydrogen) atoms. The Bertz CT molecular complexity index is 367. The summed E-state index contributed by atoms with van der Waals surface area (Å²) in [5.41, 5.74) is 1.26. The largest absolute Gasteiger partial charge is 0.466 e. The lowest BCUT2D eigenvalue weighted by molar-refractivity contribution is 0.0593. The lowest BCUT2D eigenvalue weighted by atomic mass is 10.1. The number of aryl methyl sites for hydroxylation is 2. The van der Waals surface area contributed by atoms with E-state index in [1.807, 2.05) is 13.8 Å². The molecule has 0 aromatic carbocycles. The lowest BCUT2D eigenvalue weighted by Gasteiger charge is -2.15. The highest BCUT2D eigenvalue weighted by atomic mass is 16.5. The van der Waals surface area contributed by atoms with Crippen LogP contribution in [0.4, 0.5) is 0 Å². The molecule has 0 saturated heterocycles. The van der Waals surface area contributed by atoms with Crippen LogP contribution < -0.4 is 5.32 Å². The smallest absolute Gasteiger partial charge is 0.105 e. The Labute approximate surface area is 110 Å². The van der Waals surface area contributed by atoms with E-state index in [0.717, 1.165) is 24.7 Å². The Morgan fingerprint density at radius 2 is 2.11 bits per heavy atom.